The van der Waals surface area contributed by atoms with Crippen LogP contribution in [0.2, 0.25) is 0 Å². The molecule has 2 atom stereocenters. The smallest absolute Gasteiger partial charge is 0.151 e. The van der Waals surface area contributed by atoms with Gasteiger partial charge in [-0.2, -0.15) is 5.10 Å². The summed E-state index contributed by atoms with van der Waals surface area (Å²) in [5.41, 5.74) is 1.71. The second-order valence-electron chi connectivity index (χ2n) is 6.41. The summed E-state index contributed by atoms with van der Waals surface area (Å²) in [5.74, 6) is 0.674. The minimum Gasteiger partial charge on any atom is -0.383 e. The third-order valence-electron chi connectivity index (χ3n) is 4.64. The lowest BCUT2D eigenvalue weighted by Crippen LogP contribution is -2.42. The topological polar surface area (TPSA) is 101 Å². The van der Waals surface area contributed by atoms with E-state index in [2.05, 4.69) is 27.7 Å². The Labute approximate surface area is 171 Å². The van der Waals surface area contributed by atoms with Gasteiger partial charge >= 0.3 is 0 Å². The van der Waals surface area contributed by atoms with Crippen molar-refractivity contribution in [2.24, 2.45) is 5.92 Å². The summed E-state index contributed by atoms with van der Waals surface area (Å²) in [6.45, 7) is 3.80. The molecule has 1 aromatic heterocycles. The number of nitrogens with one attached hydrogen (secondary N) is 4. The maximum atomic E-state index is 8.67. The zero-order chi connectivity index (χ0) is 20.4. The van der Waals surface area contributed by atoms with E-state index in [-0.39, 0.29) is 5.92 Å². The Morgan fingerprint density at radius 1 is 1.50 bits per heavy atom. The molecular weight excluding hydrogens is 376 g/mol. The standard InChI is InChI=1S/C20H29ClN6O/c1-3-27(11-12-28-2)20(23)19(21)18(15-7-5-4-6-8-15)16(13-22)14-24-17-9-10-25-26-17/h5,7-10,13-14,18-19,22-23H,3-4,6,11-12H2,1-2H3,(H2,24,25,26)/b16-14+,22-13?,23-20?. The molecule has 0 spiro atoms. The summed E-state index contributed by atoms with van der Waals surface area (Å²) >= 11 is 6.84. The van der Waals surface area contributed by atoms with Crippen LogP contribution in [0.3, 0.4) is 0 Å². The van der Waals surface area contributed by atoms with Crippen LogP contribution < -0.4 is 5.32 Å². The van der Waals surface area contributed by atoms with E-state index in [0.717, 1.165) is 18.4 Å². The SMILES string of the molecule is CCN(CCOC)C(=N)C(Cl)C(C1=CCCC=C1)/C(C=N)=C/Nc1cc[nH]n1. The molecule has 2 rings (SSSR count). The van der Waals surface area contributed by atoms with E-state index < -0.39 is 5.38 Å². The molecule has 1 heterocycles. The monoisotopic (exact) mass is 404 g/mol. The van der Waals surface area contributed by atoms with Crippen LogP contribution in [0.5, 0.6) is 0 Å². The quantitative estimate of drug-likeness (QED) is 0.256. The van der Waals surface area contributed by atoms with E-state index in [1.807, 2.05) is 17.9 Å². The fourth-order valence-corrected chi connectivity index (χ4v) is 3.53. The summed E-state index contributed by atoms with van der Waals surface area (Å²) in [6, 6.07) is 1.80. The van der Waals surface area contributed by atoms with Crippen molar-refractivity contribution in [1.29, 1.82) is 10.8 Å². The number of H-pyrrole nitrogens is 1. The summed E-state index contributed by atoms with van der Waals surface area (Å²) in [5, 5.41) is 25.9. The highest BCUT2D eigenvalue weighted by Gasteiger charge is 2.31. The van der Waals surface area contributed by atoms with E-state index in [1.165, 1.54) is 6.21 Å². The predicted molar refractivity (Wildman–Crippen MR) is 116 cm³/mol. The summed E-state index contributed by atoms with van der Waals surface area (Å²) in [6.07, 6.45) is 13.0. The van der Waals surface area contributed by atoms with Gasteiger partial charge in [-0.3, -0.25) is 10.5 Å². The number of halogens is 1. The second kappa shape index (κ2) is 11.5. The van der Waals surface area contributed by atoms with Crippen LogP contribution in [0.25, 0.3) is 0 Å². The van der Waals surface area contributed by atoms with Crippen LogP contribution in [-0.4, -0.2) is 59.3 Å². The molecule has 4 N–H and O–H groups in total. The second-order valence-corrected chi connectivity index (χ2v) is 6.88. The van der Waals surface area contributed by atoms with Crippen LogP contribution in [0.4, 0.5) is 5.82 Å². The first-order chi connectivity index (χ1) is 13.6. The van der Waals surface area contributed by atoms with Crippen molar-refractivity contribution in [2.75, 3.05) is 32.1 Å². The Morgan fingerprint density at radius 3 is 2.89 bits per heavy atom. The predicted octanol–water partition coefficient (Wildman–Crippen LogP) is 3.80. The molecule has 1 aromatic rings. The van der Waals surface area contributed by atoms with Gasteiger partial charge in [0.1, 0.15) is 11.2 Å². The maximum Gasteiger partial charge on any atom is 0.151 e. The first-order valence-corrected chi connectivity index (χ1v) is 9.85. The summed E-state index contributed by atoms with van der Waals surface area (Å²) in [4.78, 5) is 1.91. The molecule has 152 valence electrons. The molecule has 0 amide bonds. The van der Waals surface area contributed by atoms with Gasteiger partial charge in [0.25, 0.3) is 0 Å². The van der Waals surface area contributed by atoms with Gasteiger partial charge in [0.2, 0.25) is 0 Å². The molecule has 0 bridgehead atoms. The van der Waals surface area contributed by atoms with Crippen LogP contribution in [0, 0.1) is 16.7 Å². The van der Waals surface area contributed by atoms with Crippen molar-refractivity contribution >= 4 is 29.5 Å². The molecule has 2 unspecified atom stereocenters. The Kier molecular flexibility index (Phi) is 8.97. The van der Waals surface area contributed by atoms with Crippen molar-refractivity contribution in [3.05, 3.63) is 47.8 Å². The lowest BCUT2D eigenvalue weighted by molar-refractivity contribution is 0.176. The van der Waals surface area contributed by atoms with Crippen LogP contribution in [-0.2, 0) is 4.74 Å². The fraction of sp³-hybridized carbons (Fsp3) is 0.450. The molecule has 0 aromatic carbocycles. The zero-order valence-corrected chi connectivity index (χ0v) is 17.2. The largest absolute Gasteiger partial charge is 0.383 e. The number of alkyl halides is 1. The minimum absolute atomic E-state index is 0.314. The van der Waals surface area contributed by atoms with Crippen molar-refractivity contribution in [2.45, 2.75) is 25.1 Å². The fourth-order valence-electron chi connectivity index (χ4n) is 3.10. The number of aromatic amines is 1. The number of amidine groups is 1. The molecule has 0 fully saturated rings. The highest BCUT2D eigenvalue weighted by atomic mass is 35.5. The molecule has 0 radical (unpaired) electrons. The van der Waals surface area contributed by atoms with Gasteiger partial charge < -0.3 is 20.4 Å². The minimum atomic E-state index is -0.611. The lowest BCUT2D eigenvalue weighted by Gasteiger charge is -2.32. The Hall–Kier alpha value is -2.38. The number of rotatable bonds is 11. The van der Waals surface area contributed by atoms with E-state index in [9.17, 15) is 0 Å². The number of anilines is 1. The van der Waals surface area contributed by atoms with Gasteiger partial charge in [0.05, 0.1) is 6.61 Å². The number of likely N-dealkylation sites (N-methyl/N-ethyl adjacent to an activating group) is 1. The number of methoxy groups -OCH3 is 1. The molecule has 1 aliphatic rings. The third kappa shape index (κ3) is 5.81. The summed E-state index contributed by atoms with van der Waals surface area (Å²) < 4.78 is 5.16. The van der Waals surface area contributed by atoms with Crippen molar-refractivity contribution in [3.63, 3.8) is 0 Å². The average molecular weight is 405 g/mol. The molecule has 0 aliphatic heterocycles. The number of aromatic nitrogens is 2. The lowest BCUT2D eigenvalue weighted by atomic mass is 9.85. The van der Waals surface area contributed by atoms with E-state index in [0.29, 0.717) is 36.9 Å². The molecule has 8 heteroatoms. The first-order valence-electron chi connectivity index (χ1n) is 9.42. The number of hydrogen-bond donors (Lipinski definition) is 4. The summed E-state index contributed by atoms with van der Waals surface area (Å²) in [7, 11) is 1.65. The van der Waals surface area contributed by atoms with Gasteiger partial charge in [0.15, 0.2) is 5.82 Å². The zero-order valence-electron chi connectivity index (χ0n) is 16.4. The first kappa shape index (κ1) is 21.9. The Bertz CT molecular complexity index is 725. The van der Waals surface area contributed by atoms with Crippen molar-refractivity contribution in [3.8, 4) is 0 Å². The van der Waals surface area contributed by atoms with E-state index >= 15 is 0 Å². The maximum absolute atomic E-state index is 8.67. The highest BCUT2D eigenvalue weighted by Crippen LogP contribution is 2.31. The molecule has 0 saturated carbocycles. The molecule has 0 saturated heterocycles. The molecule has 1 aliphatic carbocycles. The van der Waals surface area contributed by atoms with Gasteiger partial charge in [0, 0.05) is 50.8 Å². The van der Waals surface area contributed by atoms with Crippen molar-refractivity contribution < 1.29 is 4.74 Å². The molecule has 28 heavy (non-hydrogen) atoms. The van der Waals surface area contributed by atoms with E-state index in [4.69, 9.17) is 27.2 Å². The van der Waals surface area contributed by atoms with Gasteiger partial charge in [-0.25, -0.2) is 0 Å². The van der Waals surface area contributed by atoms with Crippen LogP contribution >= 0.6 is 11.6 Å². The van der Waals surface area contributed by atoms with Crippen LogP contribution in [0.1, 0.15) is 19.8 Å². The van der Waals surface area contributed by atoms with Gasteiger partial charge in [-0.1, -0.05) is 18.2 Å². The van der Waals surface area contributed by atoms with Gasteiger partial charge in [-0.05, 0) is 30.9 Å². The number of ether oxygens (including phenoxy) is 1. The highest BCUT2D eigenvalue weighted by molar-refractivity contribution is 6.32. The molecular formula is C20H29ClN6O. The Balaban J connectivity index is 2.30. The molecule has 7 nitrogen and oxygen atoms in total. The van der Waals surface area contributed by atoms with Gasteiger partial charge in [-0.15, -0.1) is 11.6 Å². The third-order valence-corrected chi connectivity index (χ3v) is 5.10. The number of allylic oxidation sites excluding steroid dienone is 5. The Morgan fingerprint density at radius 2 is 2.32 bits per heavy atom. The number of nitrogens with zero attached hydrogens (tertiary/aromatic N) is 2. The van der Waals surface area contributed by atoms with Crippen LogP contribution in [0.15, 0.2) is 47.8 Å². The van der Waals surface area contributed by atoms with Crippen molar-refractivity contribution in [1.82, 2.24) is 15.1 Å². The normalized spacial score (nSPS) is 16.2. The number of hydrogen-bond acceptors (Lipinski definition) is 5. The van der Waals surface area contributed by atoms with E-state index in [1.54, 1.807) is 25.6 Å². The average Bonchev–Trinajstić information content (AvgIpc) is 3.25.